The molecule has 0 aliphatic carbocycles. The Bertz CT molecular complexity index is 329. The Morgan fingerprint density at radius 2 is 2.27 bits per heavy atom. The molecule has 2 nitrogen and oxygen atoms in total. The molecule has 0 amide bonds. The molecule has 2 unspecified atom stereocenters. The maximum atomic E-state index is 8.86. The van der Waals surface area contributed by atoms with Crippen LogP contribution in [0.3, 0.4) is 0 Å². The van der Waals surface area contributed by atoms with Gasteiger partial charge in [0.25, 0.3) is 0 Å². The molecule has 2 atom stereocenters. The molecule has 0 spiro atoms. The predicted octanol–water partition coefficient (Wildman–Crippen LogP) is 2.05. The Balaban J connectivity index is 2.21. The number of aliphatic hydroxyl groups is 1. The second-order valence-electron chi connectivity index (χ2n) is 3.98. The van der Waals surface area contributed by atoms with E-state index in [1.165, 1.54) is 10.5 Å². The molecular weight excluding hydrogens is 206 g/mol. The van der Waals surface area contributed by atoms with E-state index in [1.807, 2.05) is 11.8 Å². The first kappa shape index (κ1) is 11.0. The van der Waals surface area contributed by atoms with Gasteiger partial charge in [-0.1, -0.05) is 25.1 Å². The Hall–Kier alpha value is -0.510. The van der Waals surface area contributed by atoms with E-state index in [1.54, 1.807) is 0 Å². The lowest BCUT2D eigenvalue weighted by Gasteiger charge is -2.31. The third kappa shape index (κ3) is 2.36. The molecule has 0 bridgehead atoms. The Morgan fingerprint density at radius 3 is 3.07 bits per heavy atom. The molecule has 0 aromatic heterocycles. The molecule has 0 saturated carbocycles. The summed E-state index contributed by atoms with van der Waals surface area (Å²) in [5, 5.41) is 12.3. The second-order valence-corrected chi connectivity index (χ2v) is 5.04. The molecule has 0 radical (unpaired) electrons. The van der Waals surface area contributed by atoms with Crippen LogP contribution in [0, 0.1) is 5.92 Å². The number of hydrogen-bond donors (Lipinski definition) is 2. The van der Waals surface area contributed by atoms with Crippen molar-refractivity contribution < 1.29 is 5.11 Å². The van der Waals surface area contributed by atoms with Gasteiger partial charge in [-0.05, 0) is 17.5 Å². The summed E-state index contributed by atoms with van der Waals surface area (Å²) in [4.78, 5) is 1.38. The van der Waals surface area contributed by atoms with Gasteiger partial charge in [-0.25, -0.2) is 0 Å². The van der Waals surface area contributed by atoms with Crippen LogP contribution in [-0.4, -0.2) is 24.0 Å². The molecule has 1 aromatic carbocycles. The van der Waals surface area contributed by atoms with Crippen LogP contribution < -0.4 is 5.32 Å². The molecule has 2 rings (SSSR count). The SMILES string of the molecule is CC1CSc2ccccc2C1NCCO. The van der Waals surface area contributed by atoms with Crippen molar-refractivity contribution in [2.75, 3.05) is 18.9 Å². The Morgan fingerprint density at radius 1 is 1.47 bits per heavy atom. The zero-order chi connectivity index (χ0) is 10.7. The molecule has 15 heavy (non-hydrogen) atoms. The van der Waals surface area contributed by atoms with Crippen molar-refractivity contribution in [3.8, 4) is 0 Å². The Labute approximate surface area is 95.1 Å². The molecule has 1 aliphatic rings. The van der Waals surface area contributed by atoms with Gasteiger partial charge in [-0.3, -0.25) is 0 Å². The van der Waals surface area contributed by atoms with E-state index in [4.69, 9.17) is 5.11 Å². The normalized spacial score (nSPS) is 24.9. The minimum absolute atomic E-state index is 0.207. The lowest BCUT2D eigenvalue weighted by Crippen LogP contribution is -2.32. The van der Waals surface area contributed by atoms with Gasteiger partial charge >= 0.3 is 0 Å². The number of benzene rings is 1. The van der Waals surface area contributed by atoms with Crippen molar-refractivity contribution in [2.24, 2.45) is 5.92 Å². The summed E-state index contributed by atoms with van der Waals surface area (Å²) in [6, 6.07) is 8.94. The van der Waals surface area contributed by atoms with Gasteiger partial charge in [0.2, 0.25) is 0 Å². The fourth-order valence-corrected chi connectivity index (χ4v) is 3.20. The summed E-state index contributed by atoms with van der Waals surface area (Å²) in [5.41, 5.74) is 1.38. The van der Waals surface area contributed by atoms with Gasteiger partial charge in [0.05, 0.1) is 6.61 Å². The van der Waals surface area contributed by atoms with Crippen LogP contribution in [0.2, 0.25) is 0 Å². The van der Waals surface area contributed by atoms with Gasteiger partial charge in [-0.15, -0.1) is 11.8 Å². The quantitative estimate of drug-likeness (QED) is 0.822. The van der Waals surface area contributed by atoms with Crippen LogP contribution in [-0.2, 0) is 0 Å². The first-order chi connectivity index (χ1) is 7.33. The fraction of sp³-hybridized carbons (Fsp3) is 0.500. The molecule has 0 saturated heterocycles. The lowest BCUT2D eigenvalue weighted by molar-refractivity contribution is 0.273. The van der Waals surface area contributed by atoms with Gasteiger partial charge < -0.3 is 10.4 Å². The molecule has 3 heteroatoms. The lowest BCUT2D eigenvalue weighted by atomic mass is 9.95. The zero-order valence-corrected chi connectivity index (χ0v) is 9.76. The van der Waals surface area contributed by atoms with E-state index in [0.717, 1.165) is 5.75 Å². The summed E-state index contributed by atoms with van der Waals surface area (Å²) in [7, 11) is 0. The van der Waals surface area contributed by atoms with Crippen LogP contribution in [0.15, 0.2) is 29.2 Å². The number of rotatable bonds is 3. The largest absolute Gasteiger partial charge is 0.395 e. The zero-order valence-electron chi connectivity index (χ0n) is 8.94. The number of nitrogens with one attached hydrogen (secondary N) is 1. The summed E-state index contributed by atoms with van der Waals surface area (Å²) >= 11 is 1.93. The molecule has 0 fully saturated rings. The van der Waals surface area contributed by atoms with Crippen LogP contribution >= 0.6 is 11.8 Å². The summed E-state index contributed by atoms with van der Waals surface area (Å²) in [6.45, 7) is 3.14. The van der Waals surface area contributed by atoms with Crippen LogP contribution in [0.25, 0.3) is 0 Å². The topological polar surface area (TPSA) is 32.3 Å². The highest BCUT2D eigenvalue weighted by atomic mass is 32.2. The van der Waals surface area contributed by atoms with Crippen molar-refractivity contribution in [1.82, 2.24) is 5.32 Å². The van der Waals surface area contributed by atoms with E-state index in [0.29, 0.717) is 18.5 Å². The van der Waals surface area contributed by atoms with Gasteiger partial charge in [0, 0.05) is 23.2 Å². The van der Waals surface area contributed by atoms with Gasteiger partial charge in [0.1, 0.15) is 0 Å². The first-order valence-corrected chi connectivity index (χ1v) is 6.37. The van der Waals surface area contributed by atoms with E-state index in [2.05, 4.69) is 36.5 Å². The summed E-state index contributed by atoms with van der Waals surface area (Å²) < 4.78 is 0. The van der Waals surface area contributed by atoms with E-state index in [-0.39, 0.29) is 6.61 Å². The average molecular weight is 223 g/mol. The third-order valence-corrected chi connectivity index (χ3v) is 4.18. The molecular formula is C12H17NOS. The van der Waals surface area contributed by atoms with Gasteiger partial charge in [0.15, 0.2) is 0 Å². The van der Waals surface area contributed by atoms with E-state index >= 15 is 0 Å². The average Bonchev–Trinajstić information content (AvgIpc) is 2.28. The summed E-state index contributed by atoms with van der Waals surface area (Å²) in [6.07, 6.45) is 0. The number of thioether (sulfide) groups is 1. The van der Waals surface area contributed by atoms with E-state index < -0.39 is 0 Å². The maximum Gasteiger partial charge on any atom is 0.0556 e. The molecule has 1 aliphatic heterocycles. The molecule has 1 heterocycles. The minimum Gasteiger partial charge on any atom is -0.395 e. The number of fused-ring (bicyclic) bond motifs is 1. The highest BCUT2D eigenvalue weighted by molar-refractivity contribution is 7.99. The van der Waals surface area contributed by atoms with E-state index in [9.17, 15) is 0 Å². The number of aliphatic hydroxyl groups excluding tert-OH is 1. The molecule has 1 aromatic rings. The predicted molar refractivity (Wildman–Crippen MR) is 64.2 cm³/mol. The second kappa shape index (κ2) is 5.01. The Kier molecular flexibility index (Phi) is 3.67. The maximum absolute atomic E-state index is 8.86. The highest BCUT2D eigenvalue weighted by Crippen LogP contribution is 2.38. The minimum atomic E-state index is 0.207. The van der Waals surface area contributed by atoms with Crippen molar-refractivity contribution >= 4 is 11.8 Å². The van der Waals surface area contributed by atoms with Crippen molar-refractivity contribution in [1.29, 1.82) is 0 Å². The smallest absolute Gasteiger partial charge is 0.0556 e. The van der Waals surface area contributed by atoms with Crippen LogP contribution in [0.4, 0.5) is 0 Å². The first-order valence-electron chi connectivity index (χ1n) is 5.39. The van der Waals surface area contributed by atoms with Crippen molar-refractivity contribution in [2.45, 2.75) is 17.9 Å². The fourth-order valence-electron chi connectivity index (χ4n) is 2.02. The number of hydrogen-bond acceptors (Lipinski definition) is 3. The monoisotopic (exact) mass is 223 g/mol. The summed E-state index contributed by atoms with van der Waals surface area (Å²) in [5.74, 6) is 1.77. The van der Waals surface area contributed by atoms with Crippen LogP contribution in [0.5, 0.6) is 0 Å². The third-order valence-electron chi connectivity index (χ3n) is 2.80. The van der Waals surface area contributed by atoms with Crippen LogP contribution in [0.1, 0.15) is 18.5 Å². The highest BCUT2D eigenvalue weighted by Gasteiger charge is 2.25. The molecule has 2 N–H and O–H groups in total. The standard InChI is InChI=1S/C12H17NOS/c1-9-8-15-11-5-3-2-4-10(11)12(9)13-6-7-14/h2-5,9,12-14H,6-8H2,1H3. The molecule has 82 valence electrons. The van der Waals surface area contributed by atoms with Gasteiger partial charge in [-0.2, -0.15) is 0 Å². The van der Waals surface area contributed by atoms with Crippen molar-refractivity contribution in [3.05, 3.63) is 29.8 Å². The van der Waals surface area contributed by atoms with Crippen molar-refractivity contribution in [3.63, 3.8) is 0 Å².